The molecule has 18 heavy (non-hydrogen) atoms. The van der Waals surface area contributed by atoms with Crippen molar-refractivity contribution in [1.82, 2.24) is 5.32 Å². The number of hydrogen-bond acceptors (Lipinski definition) is 4. The molecule has 0 aliphatic heterocycles. The highest BCUT2D eigenvalue weighted by Gasteiger charge is 2.31. The molecule has 0 heterocycles. The van der Waals surface area contributed by atoms with Crippen molar-refractivity contribution in [3.8, 4) is 0 Å². The van der Waals surface area contributed by atoms with Crippen molar-refractivity contribution in [1.29, 1.82) is 0 Å². The van der Waals surface area contributed by atoms with Gasteiger partial charge < -0.3 is 14.8 Å². The number of carbonyl (C=O) groups excluding carboxylic acids is 1. The number of ether oxygens (including phenoxy) is 2. The molecule has 0 saturated carbocycles. The second-order valence-electron chi connectivity index (χ2n) is 4.85. The van der Waals surface area contributed by atoms with Crippen molar-refractivity contribution in [2.24, 2.45) is 0 Å². The molecule has 0 aromatic rings. The number of methoxy groups -OCH3 is 1. The Morgan fingerprint density at radius 2 is 1.83 bits per heavy atom. The van der Waals surface area contributed by atoms with Gasteiger partial charge in [-0.2, -0.15) is 0 Å². The van der Waals surface area contributed by atoms with Gasteiger partial charge in [-0.3, -0.25) is 4.79 Å². The van der Waals surface area contributed by atoms with Gasteiger partial charge in [0.15, 0.2) is 0 Å². The monoisotopic (exact) mass is 259 g/mol. The van der Waals surface area contributed by atoms with Crippen molar-refractivity contribution in [2.45, 2.75) is 57.9 Å². The van der Waals surface area contributed by atoms with E-state index in [1.165, 1.54) is 32.8 Å². The summed E-state index contributed by atoms with van der Waals surface area (Å²) in [6.45, 7) is 5.41. The lowest BCUT2D eigenvalue weighted by Crippen LogP contribution is -2.49. The summed E-state index contributed by atoms with van der Waals surface area (Å²) < 4.78 is 10.3. The smallest absolute Gasteiger partial charge is 0.325 e. The van der Waals surface area contributed by atoms with E-state index in [2.05, 4.69) is 12.2 Å². The van der Waals surface area contributed by atoms with Gasteiger partial charge in [-0.25, -0.2) is 0 Å². The Morgan fingerprint density at radius 3 is 2.39 bits per heavy atom. The minimum Gasteiger partial charge on any atom is -0.468 e. The lowest BCUT2D eigenvalue weighted by Gasteiger charge is -2.25. The maximum Gasteiger partial charge on any atom is 0.325 e. The van der Waals surface area contributed by atoms with Gasteiger partial charge in [0.2, 0.25) is 0 Å². The van der Waals surface area contributed by atoms with Crippen LogP contribution in [0.4, 0.5) is 0 Å². The molecule has 1 N–H and O–H groups in total. The van der Waals surface area contributed by atoms with Crippen LogP contribution in [0, 0.1) is 0 Å². The van der Waals surface area contributed by atoms with E-state index in [9.17, 15) is 4.79 Å². The van der Waals surface area contributed by atoms with E-state index in [1.54, 1.807) is 7.05 Å². The average Bonchev–Trinajstić information content (AvgIpc) is 2.40. The molecule has 0 fully saturated rings. The summed E-state index contributed by atoms with van der Waals surface area (Å²) in [7, 11) is 3.17. The molecule has 0 amide bonds. The highest BCUT2D eigenvalue weighted by atomic mass is 16.5. The minimum atomic E-state index is -0.642. The predicted octanol–water partition coefficient (Wildman–Crippen LogP) is 2.51. The molecule has 0 saturated heterocycles. The molecule has 0 spiro atoms. The van der Waals surface area contributed by atoms with E-state index < -0.39 is 5.54 Å². The highest BCUT2D eigenvalue weighted by molar-refractivity contribution is 5.80. The summed E-state index contributed by atoms with van der Waals surface area (Å²) in [5.74, 6) is -0.239. The Hall–Kier alpha value is -0.610. The summed E-state index contributed by atoms with van der Waals surface area (Å²) in [5.41, 5.74) is -0.642. The van der Waals surface area contributed by atoms with Crippen LogP contribution in [0.2, 0.25) is 0 Å². The number of hydrogen-bond donors (Lipinski definition) is 1. The molecule has 0 aliphatic rings. The fraction of sp³-hybridized carbons (Fsp3) is 0.929. The van der Waals surface area contributed by atoms with Crippen LogP contribution in [0.3, 0.4) is 0 Å². The maximum absolute atomic E-state index is 11.6. The van der Waals surface area contributed by atoms with Gasteiger partial charge in [-0.1, -0.05) is 32.6 Å². The Morgan fingerprint density at radius 1 is 1.17 bits per heavy atom. The van der Waals surface area contributed by atoms with Gasteiger partial charge >= 0.3 is 5.97 Å². The van der Waals surface area contributed by atoms with Gasteiger partial charge in [0, 0.05) is 13.2 Å². The molecule has 108 valence electrons. The first kappa shape index (κ1) is 17.4. The van der Waals surface area contributed by atoms with Crippen molar-refractivity contribution in [2.75, 3.05) is 27.4 Å². The van der Waals surface area contributed by atoms with Gasteiger partial charge in [-0.05, 0) is 26.8 Å². The molecule has 0 rings (SSSR count). The zero-order chi connectivity index (χ0) is 13.9. The summed E-state index contributed by atoms with van der Waals surface area (Å²) in [5, 5.41) is 2.99. The van der Waals surface area contributed by atoms with Crippen LogP contribution in [-0.4, -0.2) is 38.9 Å². The van der Waals surface area contributed by atoms with Crippen molar-refractivity contribution >= 4 is 5.97 Å². The summed E-state index contributed by atoms with van der Waals surface area (Å²) >= 11 is 0. The molecule has 4 heteroatoms. The highest BCUT2D eigenvalue weighted by Crippen LogP contribution is 2.11. The summed E-state index contributed by atoms with van der Waals surface area (Å²) in [6.07, 6.45) is 6.82. The molecule has 0 bridgehead atoms. The first-order chi connectivity index (χ1) is 8.60. The molecule has 0 aliphatic carbocycles. The van der Waals surface area contributed by atoms with Crippen LogP contribution in [-0.2, 0) is 14.3 Å². The topological polar surface area (TPSA) is 47.6 Å². The van der Waals surface area contributed by atoms with Gasteiger partial charge in [-0.15, -0.1) is 0 Å². The normalized spacial score (nSPS) is 14.2. The lowest BCUT2D eigenvalue weighted by atomic mass is 9.99. The largest absolute Gasteiger partial charge is 0.468 e. The van der Waals surface area contributed by atoms with Gasteiger partial charge in [0.1, 0.15) is 5.54 Å². The molecular weight excluding hydrogens is 230 g/mol. The molecule has 1 unspecified atom stereocenters. The molecule has 4 nitrogen and oxygen atoms in total. The van der Waals surface area contributed by atoms with E-state index in [4.69, 9.17) is 9.47 Å². The van der Waals surface area contributed by atoms with Crippen LogP contribution >= 0.6 is 0 Å². The first-order valence-electron chi connectivity index (χ1n) is 6.95. The van der Waals surface area contributed by atoms with E-state index in [-0.39, 0.29) is 5.97 Å². The van der Waals surface area contributed by atoms with Crippen LogP contribution in [0.1, 0.15) is 52.4 Å². The van der Waals surface area contributed by atoms with E-state index in [0.29, 0.717) is 13.0 Å². The Bertz CT molecular complexity index is 221. The first-order valence-corrected chi connectivity index (χ1v) is 6.95. The lowest BCUT2D eigenvalue weighted by molar-refractivity contribution is -0.148. The maximum atomic E-state index is 11.6. The van der Waals surface area contributed by atoms with Crippen LogP contribution < -0.4 is 5.32 Å². The van der Waals surface area contributed by atoms with Gasteiger partial charge in [0.05, 0.1) is 7.11 Å². The Labute approximate surface area is 111 Å². The van der Waals surface area contributed by atoms with Crippen molar-refractivity contribution in [3.63, 3.8) is 0 Å². The molecular formula is C14H29NO3. The average molecular weight is 259 g/mol. The third-order valence-electron chi connectivity index (χ3n) is 3.33. The van der Waals surface area contributed by atoms with E-state index in [0.717, 1.165) is 13.0 Å². The number of unbranched alkanes of at least 4 members (excludes halogenated alkanes) is 4. The fourth-order valence-electron chi connectivity index (χ4n) is 1.74. The number of esters is 1. The van der Waals surface area contributed by atoms with Gasteiger partial charge in [0.25, 0.3) is 0 Å². The van der Waals surface area contributed by atoms with Crippen LogP contribution in [0.5, 0.6) is 0 Å². The van der Waals surface area contributed by atoms with Crippen molar-refractivity contribution < 1.29 is 14.3 Å². The zero-order valence-electron chi connectivity index (χ0n) is 12.4. The SMILES string of the molecule is CCCCCCCOCCC(C)(NC)C(=O)OC. The Balaban J connectivity index is 3.60. The third-order valence-corrected chi connectivity index (χ3v) is 3.33. The van der Waals surface area contributed by atoms with Crippen molar-refractivity contribution in [3.05, 3.63) is 0 Å². The standard InChI is InChI=1S/C14H29NO3/c1-5-6-7-8-9-11-18-12-10-14(2,15-3)13(16)17-4/h15H,5-12H2,1-4H3. The third kappa shape index (κ3) is 6.97. The summed E-state index contributed by atoms with van der Waals surface area (Å²) in [6, 6.07) is 0. The predicted molar refractivity (Wildman–Crippen MR) is 73.7 cm³/mol. The minimum absolute atomic E-state index is 0.239. The zero-order valence-corrected chi connectivity index (χ0v) is 12.4. The number of likely N-dealkylation sites (N-methyl/N-ethyl adjacent to an activating group) is 1. The molecule has 0 aromatic carbocycles. The molecule has 0 radical (unpaired) electrons. The second kappa shape index (κ2) is 10.3. The molecule has 1 atom stereocenters. The Kier molecular flexibility index (Phi) is 9.98. The number of carbonyl (C=O) groups is 1. The van der Waals surface area contributed by atoms with E-state index in [1.807, 2.05) is 6.92 Å². The fourth-order valence-corrected chi connectivity index (χ4v) is 1.74. The molecule has 0 aromatic heterocycles. The number of nitrogens with one attached hydrogen (secondary N) is 1. The number of rotatable bonds is 11. The summed E-state index contributed by atoms with van der Waals surface area (Å²) in [4.78, 5) is 11.6. The quantitative estimate of drug-likeness (QED) is 0.457. The van der Waals surface area contributed by atoms with Crippen LogP contribution in [0.25, 0.3) is 0 Å². The van der Waals surface area contributed by atoms with E-state index >= 15 is 0 Å². The second-order valence-corrected chi connectivity index (χ2v) is 4.85. The van der Waals surface area contributed by atoms with Crippen LogP contribution in [0.15, 0.2) is 0 Å².